The molecule has 2 rings (SSSR count). The molecule has 0 aliphatic rings. The third kappa shape index (κ3) is 6.64. The lowest BCUT2D eigenvalue weighted by molar-refractivity contribution is -0.119. The molecular weight excluding hydrogens is 362 g/mol. The van der Waals surface area contributed by atoms with E-state index in [2.05, 4.69) is 26.1 Å². The van der Waals surface area contributed by atoms with Gasteiger partial charge in [-0.15, -0.1) is 0 Å². The maximum absolute atomic E-state index is 12.1. The fourth-order valence-corrected chi connectivity index (χ4v) is 3.14. The van der Waals surface area contributed by atoms with Crippen molar-refractivity contribution >= 4 is 28.4 Å². The fourth-order valence-electron chi connectivity index (χ4n) is 2.49. The minimum atomic E-state index is -0.996. The van der Waals surface area contributed by atoms with Gasteiger partial charge in [-0.3, -0.25) is 9.00 Å². The van der Waals surface area contributed by atoms with Crippen molar-refractivity contribution < 1.29 is 18.5 Å². The van der Waals surface area contributed by atoms with Gasteiger partial charge in [0.15, 0.2) is 6.61 Å². The Morgan fingerprint density at radius 3 is 2.33 bits per heavy atom. The monoisotopic (exact) mass is 387 g/mol. The molecule has 0 saturated carbocycles. The van der Waals surface area contributed by atoms with Gasteiger partial charge in [-0.05, 0) is 40.8 Å². The van der Waals surface area contributed by atoms with Crippen LogP contribution in [0, 0.1) is 0 Å². The molecule has 5 nitrogen and oxygen atoms in total. The standard InChI is InChI=1S/C21H25NO4S/c1-21(2,3)17-8-10-18(11-9-17)22-19(23)13-26-20(24)16-7-5-6-15(12-16)14-27(4)25/h5-12H,13-14H2,1-4H3,(H,22,23). The van der Waals surface area contributed by atoms with Gasteiger partial charge in [-0.1, -0.05) is 45.0 Å². The van der Waals surface area contributed by atoms with Crippen LogP contribution in [-0.4, -0.2) is 28.9 Å². The molecule has 0 aromatic heterocycles. The van der Waals surface area contributed by atoms with E-state index in [1.807, 2.05) is 24.3 Å². The average Bonchev–Trinajstić information content (AvgIpc) is 2.59. The molecule has 27 heavy (non-hydrogen) atoms. The van der Waals surface area contributed by atoms with E-state index in [0.29, 0.717) is 17.0 Å². The number of carbonyl (C=O) groups is 2. The van der Waals surface area contributed by atoms with E-state index in [-0.39, 0.29) is 12.0 Å². The molecule has 0 aliphatic carbocycles. The predicted octanol–water partition coefficient (Wildman–Crippen LogP) is 3.66. The number of anilines is 1. The van der Waals surface area contributed by atoms with Gasteiger partial charge < -0.3 is 10.1 Å². The van der Waals surface area contributed by atoms with Gasteiger partial charge in [0.25, 0.3) is 5.91 Å². The Hall–Kier alpha value is -2.47. The SMILES string of the molecule is CS(=O)Cc1cccc(C(=O)OCC(=O)Nc2ccc(C(C)(C)C)cc2)c1. The quantitative estimate of drug-likeness (QED) is 0.768. The third-order valence-corrected chi connectivity index (χ3v) is 4.64. The molecule has 6 heteroatoms. The Kier molecular flexibility index (Phi) is 6.91. The van der Waals surface area contributed by atoms with Crippen molar-refractivity contribution in [3.63, 3.8) is 0 Å². The van der Waals surface area contributed by atoms with Gasteiger partial charge in [0.05, 0.1) is 5.56 Å². The summed E-state index contributed by atoms with van der Waals surface area (Å²) in [6, 6.07) is 14.3. The van der Waals surface area contributed by atoms with Crippen LogP contribution in [0.1, 0.15) is 42.3 Å². The molecule has 0 aliphatic heterocycles. The van der Waals surface area contributed by atoms with Crippen LogP contribution >= 0.6 is 0 Å². The predicted molar refractivity (Wildman–Crippen MR) is 108 cm³/mol. The molecule has 0 radical (unpaired) electrons. The molecule has 1 N–H and O–H groups in total. The van der Waals surface area contributed by atoms with E-state index < -0.39 is 22.7 Å². The van der Waals surface area contributed by atoms with E-state index in [0.717, 1.165) is 5.56 Å². The van der Waals surface area contributed by atoms with Gasteiger partial charge in [0, 0.05) is 28.5 Å². The highest BCUT2D eigenvalue weighted by molar-refractivity contribution is 7.83. The number of benzene rings is 2. The summed E-state index contributed by atoms with van der Waals surface area (Å²) in [7, 11) is -0.996. The molecule has 2 aromatic carbocycles. The summed E-state index contributed by atoms with van der Waals surface area (Å²) in [6.45, 7) is 5.98. The normalized spacial score (nSPS) is 12.3. The van der Waals surface area contributed by atoms with E-state index >= 15 is 0 Å². The maximum Gasteiger partial charge on any atom is 0.338 e. The van der Waals surface area contributed by atoms with Crippen molar-refractivity contribution in [2.75, 3.05) is 18.2 Å². The van der Waals surface area contributed by atoms with E-state index in [4.69, 9.17) is 4.74 Å². The highest BCUT2D eigenvalue weighted by Crippen LogP contribution is 2.23. The van der Waals surface area contributed by atoms with Gasteiger partial charge >= 0.3 is 5.97 Å². The first-order valence-corrected chi connectivity index (χ1v) is 10.3. The molecule has 1 atom stereocenters. The zero-order chi connectivity index (χ0) is 20.0. The highest BCUT2D eigenvalue weighted by atomic mass is 32.2. The first-order chi connectivity index (χ1) is 12.6. The zero-order valence-electron chi connectivity index (χ0n) is 16.1. The first kappa shape index (κ1) is 20.8. The number of carbonyl (C=O) groups excluding carboxylic acids is 2. The maximum atomic E-state index is 12.1. The van der Waals surface area contributed by atoms with Crippen LogP contribution in [0.2, 0.25) is 0 Å². The van der Waals surface area contributed by atoms with Crippen molar-refractivity contribution in [3.05, 3.63) is 65.2 Å². The van der Waals surface area contributed by atoms with E-state index in [1.165, 1.54) is 5.56 Å². The van der Waals surface area contributed by atoms with Crippen LogP contribution in [0.15, 0.2) is 48.5 Å². The molecule has 144 valence electrons. The molecule has 2 aromatic rings. The van der Waals surface area contributed by atoms with Crippen LogP contribution in [0.25, 0.3) is 0 Å². The van der Waals surface area contributed by atoms with Crippen LogP contribution in [0.5, 0.6) is 0 Å². The summed E-state index contributed by atoms with van der Waals surface area (Å²) in [6.07, 6.45) is 1.60. The average molecular weight is 388 g/mol. The van der Waals surface area contributed by atoms with Crippen LogP contribution < -0.4 is 5.32 Å². The summed E-state index contributed by atoms with van der Waals surface area (Å²) in [5.41, 5.74) is 2.97. The Bertz CT molecular complexity index is 838. The fraction of sp³-hybridized carbons (Fsp3) is 0.333. The van der Waals surface area contributed by atoms with Gasteiger partial charge in [0.2, 0.25) is 0 Å². The van der Waals surface area contributed by atoms with Gasteiger partial charge in [0.1, 0.15) is 0 Å². The topological polar surface area (TPSA) is 72.5 Å². The van der Waals surface area contributed by atoms with Gasteiger partial charge in [-0.2, -0.15) is 0 Å². The number of amides is 1. The summed E-state index contributed by atoms with van der Waals surface area (Å²) in [4.78, 5) is 24.1. The second kappa shape index (κ2) is 8.95. The largest absolute Gasteiger partial charge is 0.452 e. The molecule has 0 fully saturated rings. The molecule has 1 unspecified atom stereocenters. The molecule has 0 heterocycles. The molecular formula is C21H25NO4S. The molecule has 1 amide bonds. The Balaban J connectivity index is 1.90. The highest BCUT2D eigenvalue weighted by Gasteiger charge is 2.14. The minimum absolute atomic E-state index is 0.0387. The number of hydrogen-bond acceptors (Lipinski definition) is 4. The minimum Gasteiger partial charge on any atom is -0.452 e. The van der Waals surface area contributed by atoms with Crippen molar-refractivity contribution in [1.29, 1.82) is 0 Å². The lowest BCUT2D eigenvalue weighted by Crippen LogP contribution is -2.21. The van der Waals surface area contributed by atoms with Crippen molar-refractivity contribution in [2.45, 2.75) is 31.9 Å². The number of hydrogen-bond donors (Lipinski definition) is 1. The van der Waals surface area contributed by atoms with E-state index in [1.54, 1.807) is 30.5 Å². The van der Waals surface area contributed by atoms with Crippen molar-refractivity contribution in [1.82, 2.24) is 0 Å². The Labute approximate surface area is 162 Å². The van der Waals surface area contributed by atoms with Crippen molar-refractivity contribution in [3.8, 4) is 0 Å². The van der Waals surface area contributed by atoms with Crippen molar-refractivity contribution in [2.24, 2.45) is 0 Å². The lowest BCUT2D eigenvalue weighted by atomic mass is 9.87. The zero-order valence-corrected chi connectivity index (χ0v) is 16.9. The summed E-state index contributed by atoms with van der Waals surface area (Å²) >= 11 is 0. The summed E-state index contributed by atoms with van der Waals surface area (Å²) < 4.78 is 16.4. The van der Waals surface area contributed by atoms with Crippen LogP contribution in [0.3, 0.4) is 0 Å². The number of esters is 1. The Morgan fingerprint density at radius 2 is 1.74 bits per heavy atom. The summed E-state index contributed by atoms with van der Waals surface area (Å²) in [5.74, 6) is -0.624. The van der Waals surface area contributed by atoms with Crippen LogP contribution in [-0.2, 0) is 31.5 Å². The first-order valence-electron chi connectivity index (χ1n) is 8.61. The second-order valence-corrected chi connectivity index (χ2v) is 8.80. The number of rotatable bonds is 6. The van der Waals surface area contributed by atoms with Gasteiger partial charge in [-0.25, -0.2) is 4.79 Å². The number of ether oxygens (including phenoxy) is 1. The molecule has 0 saturated heterocycles. The lowest BCUT2D eigenvalue weighted by Gasteiger charge is -2.19. The summed E-state index contributed by atoms with van der Waals surface area (Å²) in [5, 5.41) is 2.71. The Morgan fingerprint density at radius 1 is 1.07 bits per heavy atom. The molecule has 0 spiro atoms. The number of nitrogens with one attached hydrogen (secondary N) is 1. The van der Waals surface area contributed by atoms with E-state index in [9.17, 15) is 13.8 Å². The van der Waals surface area contributed by atoms with Crippen LogP contribution in [0.4, 0.5) is 5.69 Å². The smallest absolute Gasteiger partial charge is 0.338 e. The third-order valence-electron chi connectivity index (χ3n) is 3.90. The second-order valence-electron chi connectivity index (χ2n) is 7.37. The molecule has 0 bridgehead atoms.